The first-order valence-electron chi connectivity index (χ1n) is 9.92. The Hall–Kier alpha value is -2.50. The van der Waals surface area contributed by atoms with E-state index in [9.17, 15) is 0 Å². The molecule has 4 aromatic rings. The molecule has 0 N–H and O–H groups in total. The number of hydrogen-bond donors (Lipinski definition) is 0. The standard InChI is InChI=1S/C24H23N2OS2/c1-4-25-19-12-10-16-8-6-7-9-18(16)24(19)29-23(25)15-22-26(5-2)20-14-17(27-3)11-13-21(20)28-22/h6-15H,4-5H2,1-3H3/q+1. The Labute approximate surface area is 179 Å². The van der Waals surface area contributed by atoms with Crippen LogP contribution in [0.2, 0.25) is 0 Å². The highest BCUT2D eigenvalue weighted by molar-refractivity contribution is 8.03. The minimum atomic E-state index is 0.904. The van der Waals surface area contributed by atoms with Crippen LogP contribution in [-0.4, -0.2) is 13.7 Å². The number of nitrogens with zero attached hydrogens (tertiary/aromatic N) is 2. The molecule has 0 radical (unpaired) electrons. The third-order valence-electron chi connectivity index (χ3n) is 5.44. The van der Waals surface area contributed by atoms with E-state index in [2.05, 4.69) is 77.9 Å². The van der Waals surface area contributed by atoms with Gasteiger partial charge < -0.3 is 9.64 Å². The smallest absolute Gasteiger partial charge is 0.265 e. The molecule has 0 unspecified atom stereocenters. The molecular formula is C24H23N2OS2+. The molecule has 0 amide bonds. The summed E-state index contributed by atoms with van der Waals surface area (Å²) >= 11 is 3.73. The fraction of sp³-hybridized carbons (Fsp3) is 0.208. The Morgan fingerprint density at radius 2 is 1.93 bits per heavy atom. The SMILES string of the molecule is CCN1/C(=C/c2sc3c4ccccc4ccc3[n+]2CC)Sc2ccc(OC)cc21. The monoisotopic (exact) mass is 419 g/mol. The number of rotatable bonds is 4. The zero-order valence-electron chi connectivity index (χ0n) is 16.8. The Morgan fingerprint density at radius 3 is 2.72 bits per heavy atom. The summed E-state index contributed by atoms with van der Waals surface area (Å²) < 4.78 is 9.24. The molecule has 146 valence electrons. The molecule has 1 aliphatic rings. The van der Waals surface area contributed by atoms with Gasteiger partial charge in [-0.1, -0.05) is 47.4 Å². The van der Waals surface area contributed by atoms with Crippen molar-refractivity contribution in [1.29, 1.82) is 0 Å². The summed E-state index contributed by atoms with van der Waals surface area (Å²) in [5, 5.41) is 5.20. The molecule has 0 aliphatic carbocycles. The highest BCUT2D eigenvalue weighted by Gasteiger charge is 2.27. The average Bonchev–Trinajstić information content (AvgIpc) is 3.30. The van der Waals surface area contributed by atoms with E-state index in [1.54, 1.807) is 7.11 Å². The van der Waals surface area contributed by atoms with E-state index in [4.69, 9.17) is 4.74 Å². The van der Waals surface area contributed by atoms with Crippen LogP contribution in [0.5, 0.6) is 5.75 Å². The van der Waals surface area contributed by atoms with Crippen molar-refractivity contribution in [2.24, 2.45) is 0 Å². The van der Waals surface area contributed by atoms with E-state index in [0.717, 1.165) is 18.8 Å². The first-order valence-corrected chi connectivity index (χ1v) is 11.6. The molecule has 3 aromatic carbocycles. The van der Waals surface area contributed by atoms with Crippen molar-refractivity contribution in [2.75, 3.05) is 18.6 Å². The van der Waals surface area contributed by atoms with Crippen molar-refractivity contribution < 1.29 is 9.30 Å². The van der Waals surface area contributed by atoms with Crippen LogP contribution in [0.1, 0.15) is 18.9 Å². The van der Waals surface area contributed by atoms with Crippen molar-refractivity contribution in [1.82, 2.24) is 0 Å². The number of thiazole rings is 1. The van der Waals surface area contributed by atoms with Gasteiger partial charge in [-0.25, -0.2) is 0 Å². The van der Waals surface area contributed by atoms with Crippen molar-refractivity contribution in [2.45, 2.75) is 25.3 Å². The van der Waals surface area contributed by atoms with Crippen LogP contribution in [0.4, 0.5) is 5.69 Å². The Bertz CT molecular complexity index is 1260. The maximum atomic E-state index is 5.45. The van der Waals surface area contributed by atoms with Gasteiger partial charge in [0, 0.05) is 29.0 Å². The topological polar surface area (TPSA) is 16.4 Å². The zero-order valence-corrected chi connectivity index (χ0v) is 18.4. The van der Waals surface area contributed by atoms with E-state index in [1.165, 1.54) is 41.6 Å². The number of hydrogen-bond acceptors (Lipinski definition) is 4. The summed E-state index contributed by atoms with van der Waals surface area (Å²) in [5.74, 6) is 0.904. The number of methoxy groups -OCH3 is 1. The molecule has 0 spiro atoms. The fourth-order valence-corrected chi connectivity index (χ4v) is 6.52. The van der Waals surface area contributed by atoms with Crippen molar-refractivity contribution in [3.8, 4) is 5.75 Å². The molecule has 5 rings (SSSR count). The van der Waals surface area contributed by atoms with Gasteiger partial charge >= 0.3 is 0 Å². The van der Waals surface area contributed by atoms with E-state index in [0.29, 0.717) is 0 Å². The number of ether oxygens (including phenoxy) is 1. The lowest BCUT2D eigenvalue weighted by molar-refractivity contribution is -0.665. The quantitative estimate of drug-likeness (QED) is 0.361. The summed E-state index contributed by atoms with van der Waals surface area (Å²) in [4.78, 5) is 3.67. The molecule has 0 saturated heterocycles. The number of anilines is 1. The number of aryl methyl sites for hydroxylation is 1. The van der Waals surface area contributed by atoms with E-state index in [-0.39, 0.29) is 0 Å². The van der Waals surface area contributed by atoms with Crippen molar-refractivity contribution in [3.63, 3.8) is 0 Å². The normalized spacial score (nSPS) is 14.9. The lowest BCUT2D eigenvalue weighted by Gasteiger charge is -2.17. The van der Waals surface area contributed by atoms with E-state index < -0.39 is 0 Å². The van der Waals surface area contributed by atoms with Gasteiger partial charge in [-0.3, -0.25) is 0 Å². The van der Waals surface area contributed by atoms with Crippen molar-refractivity contribution >= 4 is 55.9 Å². The lowest BCUT2D eigenvalue weighted by Crippen LogP contribution is -2.33. The molecule has 1 aromatic heterocycles. The average molecular weight is 420 g/mol. The second-order valence-corrected chi connectivity index (χ2v) is 9.07. The Kier molecular flexibility index (Phi) is 4.72. The third kappa shape index (κ3) is 3.00. The van der Waals surface area contributed by atoms with Crippen LogP contribution in [0.15, 0.2) is 64.5 Å². The molecule has 1 aliphatic heterocycles. The van der Waals surface area contributed by atoms with E-state index in [1.807, 2.05) is 29.2 Å². The predicted octanol–water partition coefficient (Wildman–Crippen LogP) is 6.30. The van der Waals surface area contributed by atoms with Gasteiger partial charge in [-0.05, 0) is 37.4 Å². The third-order valence-corrected chi connectivity index (χ3v) is 7.73. The second kappa shape index (κ2) is 7.39. The van der Waals surface area contributed by atoms with Gasteiger partial charge in [0.1, 0.15) is 17.0 Å². The molecule has 29 heavy (non-hydrogen) atoms. The molecular weight excluding hydrogens is 396 g/mol. The molecule has 2 heterocycles. The van der Waals surface area contributed by atoms with Crippen LogP contribution >= 0.6 is 23.1 Å². The van der Waals surface area contributed by atoms with Crippen molar-refractivity contribution in [3.05, 3.63) is 64.6 Å². The van der Waals surface area contributed by atoms with Gasteiger partial charge in [0.05, 0.1) is 23.9 Å². The number of benzene rings is 3. The van der Waals surface area contributed by atoms with Crippen LogP contribution in [0, 0.1) is 0 Å². The number of thioether (sulfide) groups is 1. The van der Waals surface area contributed by atoms with Gasteiger partial charge in [-0.2, -0.15) is 4.57 Å². The summed E-state index contributed by atoms with van der Waals surface area (Å²) in [6.45, 7) is 6.31. The van der Waals surface area contributed by atoms with Crippen LogP contribution in [-0.2, 0) is 6.54 Å². The first-order chi connectivity index (χ1) is 14.2. The Morgan fingerprint density at radius 1 is 1.07 bits per heavy atom. The highest BCUT2D eigenvalue weighted by Crippen LogP contribution is 2.48. The summed E-state index contributed by atoms with van der Waals surface area (Å²) in [6, 6.07) is 19.5. The van der Waals surface area contributed by atoms with Gasteiger partial charge in [0.2, 0.25) is 5.52 Å². The van der Waals surface area contributed by atoms with Gasteiger partial charge in [0.15, 0.2) is 0 Å². The second-order valence-electron chi connectivity index (χ2n) is 6.98. The molecule has 5 heteroatoms. The zero-order chi connectivity index (χ0) is 20.0. The lowest BCUT2D eigenvalue weighted by atomic mass is 10.1. The summed E-state index contributed by atoms with van der Waals surface area (Å²) in [5.41, 5.74) is 2.55. The maximum Gasteiger partial charge on any atom is 0.265 e. The minimum Gasteiger partial charge on any atom is -0.497 e. The fourth-order valence-electron chi connectivity index (χ4n) is 4.01. The number of aromatic nitrogens is 1. The number of fused-ring (bicyclic) bond motifs is 4. The molecule has 0 bridgehead atoms. The molecule has 0 fully saturated rings. The highest BCUT2D eigenvalue weighted by atomic mass is 32.2. The molecule has 0 saturated carbocycles. The molecule has 3 nitrogen and oxygen atoms in total. The Balaban J connectivity index is 1.66. The first kappa shape index (κ1) is 18.5. The summed E-state index contributed by atoms with van der Waals surface area (Å²) in [7, 11) is 1.72. The summed E-state index contributed by atoms with van der Waals surface area (Å²) in [6.07, 6.45) is 2.35. The predicted molar refractivity (Wildman–Crippen MR) is 125 cm³/mol. The van der Waals surface area contributed by atoms with Crippen LogP contribution in [0.3, 0.4) is 0 Å². The molecule has 0 atom stereocenters. The largest absolute Gasteiger partial charge is 0.497 e. The van der Waals surface area contributed by atoms with Gasteiger partial charge in [-0.15, -0.1) is 0 Å². The minimum absolute atomic E-state index is 0.904. The van der Waals surface area contributed by atoms with Gasteiger partial charge in [0.25, 0.3) is 5.01 Å². The van der Waals surface area contributed by atoms with Crippen LogP contribution in [0.25, 0.3) is 27.1 Å². The van der Waals surface area contributed by atoms with Crippen LogP contribution < -0.4 is 14.2 Å². The van der Waals surface area contributed by atoms with E-state index >= 15 is 0 Å². The maximum absolute atomic E-state index is 5.45.